The molecule has 0 radical (unpaired) electrons. The average Bonchev–Trinajstić information content (AvgIpc) is 2.76. The maximum absolute atomic E-state index is 3.33. The summed E-state index contributed by atoms with van der Waals surface area (Å²) < 4.78 is 0. The zero-order chi connectivity index (χ0) is 19.6. The zero-order valence-electron chi connectivity index (χ0n) is 18.3. The number of hydrogen-bond donors (Lipinski definition) is 0. The quantitative estimate of drug-likeness (QED) is 0.438. The Hall–Kier alpha value is -1.48. The molecule has 0 bridgehead atoms. The largest absolute Gasteiger partial charge is 0.0730 e. The fourth-order valence-electron chi connectivity index (χ4n) is 5.21. The van der Waals surface area contributed by atoms with Crippen LogP contribution in [-0.4, -0.2) is 0 Å². The van der Waals surface area contributed by atoms with Crippen LogP contribution in [0.1, 0.15) is 108 Å². The van der Waals surface area contributed by atoms with E-state index in [1.807, 2.05) is 0 Å². The summed E-state index contributed by atoms with van der Waals surface area (Å²) in [5, 5.41) is 0. The van der Waals surface area contributed by atoms with Crippen molar-refractivity contribution in [3.05, 3.63) is 47.5 Å². The first-order chi connectivity index (χ1) is 13.8. The third kappa shape index (κ3) is 6.55. The first-order valence-electron chi connectivity index (χ1n) is 12.1. The number of allylic oxidation sites excluding steroid dienone is 2. The Kier molecular flexibility index (Phi) is 8.72. The number of rotatable bonds is 6. The van der Waals surface area contributed by atoms with Gasteiger partial charge in [0.2, 0.25) is 0 Å². The summed E-state index contributed by atoms with van der Waals surface area (Å²) in [4.78, 5) is 0. The average molecular weight is 377 g/mol. The van der Waals surface area contributed by atoms with Crippen LogP contribution in [0, 0.1) is 29.6 Å². The lowest BCUT2D eigenvalue weighted by atomic mass is 9.77. The standard InChI is InChI=1S/C28H40/c1-3-5-8-24-15-19-27(20-16-24)28-21-17-26(18-22-28)10-7-6-9-25-13-11-23(4-2)12-14-25/h6,9,17-18,21-25,27H,3-5,8,11-16,19-20H2,1-2H3/b9-6+/t23-,24-,25-,27-. The van der Waals surface area contributed by atoms with Crippen LogP contribution in [0.5, 0.6) is 0 Å². The molecule has 1 aromatic rings. The summed E-state index contributed by atoms with van der Waals surface area (Å²) >= 11 is 0. The predicted octanol–water partition coefficient (Wildman–Crippen LogP) is 8.27. The fraction of sp³-hybridized carbons (Fsp3) is 0.643. The molecule has 0 atom stereocenters. The lowest BCUT2D eigenvalue weighted by Crippen LogP contribution is -2.13. The molecule has 0 spiro atoms. The molecule has 0 unspecified atom stereocenters. The van der Waals surface area contributed by atoms with Crippen molar-refractivity contribution in [3.63, 3.8) is 0 Å². The predicted molar refractivity (Wildman–Crippen MR) is 122 cm³/mol. The molecule has 0 aromatic heterocycles. The molecular formula is C28H40. The molecule has 0 saturated heterocycles. The molecule has 0 amide bonds. The minimum absolute atomic E-state index is 0.756. The molecule has 0 nitrogen and oxygen atoms in total. The van der Waals surface area contributed by atoms with Crippen molar-refractivity contribution in [2.24, 2.45) is 17.8 Å². The van der Waals surface area contributed by atoms with Crippen molar-refractivity contribution in [2.45, 2.75) is 96.8 Å². The maximum atomic E-state index is 3.33. The highest BCUT2D eigenvalue weighted by atomic mass is 14.3. The van der Waals surface area contributed by atoms with Gasteiger partial charge in [0.1, 0.15) is 0 Å². The monoisotopic (exact) mass is 376 g/mol. The van der Waals surface area contributed by atoms with Gasteiger partial charge in [0, 0.05) is 5.56 Å². The van der Waals surface area contributed by atoms with Gasteiger partial charge in [-0.3, -0.25) is 0 Å². The summed E-state index contributed by atoms with van der Waals surface area (Å²) in [7, 11) is 0. The topological polar surface area (TPSA) is 0 Å². The number of unbranched alkanes of at least 4 members (excludes halogenated alkanes) is 1. The van der Waals surface area contributed by atoms with Crippen LogP contribution in [0.2, 0.25) is 0 Å². The fourth-order valence-corrected chi connectivity index (χ4v) is 5.21. The second-order valence-electron chi connectivity index (χ2n) is 9.30. The van der Waals surface area contributed by atoms with E-state index in [9.17, 15) is 0 Å². The Morgan fingerprint density at radius 3 is 2.18 bits per heavy atom. The van der Waals surface area contributed by atoms with Gasteiger partial charge in [0.25, 0.3) is 0 Å². The summed E-state index contributed by atoms with van der Waals surface area (Å²) in [6, 6.07) is 9.12. The van der Waals surface area contributed by atoms with Crippen LogP contribution < -0.4 is 0 Å². The second-order valence-corrected chi connectivity index (χ2v) is 9.30. The first-order valence-corrected chi connectivity index (χ1v) is 12.1. The van der Waals surface area contributed by atoms with E-state index >= 15 is 0 Å². The SMILES string of the molecule is CCCC[C@H]1CC[C@H](c2ccc(C#C/C=C/[C@H]3CC[C@H](CC)CC3)cc2)CC1. The van der Waals surface area contributed by atoms with Crippen molar-refractivity contribution in [1.29, 1.82) is 0 Å². The first kappa shape index (κ1) is 21.2. The highest BCUT2D eigenvalue weighted by Crippen LogP contribution is 2.37. The van der Waals surface area contributed by atoms with Crippen LogP contribution in [0.4, 0.5) is 0 Å². The van der Waals surface area contributed by atoms with Crippen LogP contribution in [-0.2, 0) is 0 Å². The molecule has 2 saturated carbocycles. The van der Waals surface area contributed by atoms with Crippen LogP contribution in [0.3, 0.4) is 0 Å². The minimum atomic E-state index is 0.756. The van der Waals surface area contributed by atoms with Gasteiger partial charge in [-0.15, -0.1) is 0 Å². The van der Waals surface area contributed by atoms with E-state index in [0.29, 0.717) is 0 Å². The van der Waals surface area contributed by atoms with Gasteiger partial charge in [0.05, 0.1) is 0 Å². The van der Waals surface area contributed by atoms with Crippen molar-refractivity contribution < 1.29 is 0 Å². The molecule has 1 aromatic carbocycles. The van der Waals surface area contributed by atoms with Gasteiger partial charge in [-0.25, -0.2) is 0 Å². The molecule has 0 heterocycles. The molecular weight excluding hydrogens is 336 g/mol. The second kappa shape index (κ2) is 11.5. The molecule has 152 valence electrons. The van der Waals surface area contributed by atoms with Gasteiger partial charge in [0.15, 0.2) is 0 Å². The third-order valence-electron chi connectivity index (χ3n) is 7.33. The van der Waals surface area contributed by atoms with Crippen molar-refractivity contribution in [1.82, 2.24) is 0 Å². The highest BCUT2D eigenvalue weighted by molar-refractivity contribution is 5.39. The lowest BCUT2D eigenvalue weighted by molar-refractivity contribution is 0.304. The van der Waals surface area contributed by atoms with E-state index in [2.05, 4.69) is 62.1 Å². The van der Waals surface area contributed by atoms with E-state index in [1.54, 1.807) is 0 Å². The number of hydrogen-bond acceptors (Lipinski definition) is 0. The molecule has 3 rings (SSSR count). The van der Waals surface area contributed by atoms with Crippen LogP contribution >= 0.6 is 0 Å². The zero-order valence-corrected chi connectivity index (χ0v) is 18.3. The molecule has 28 heavy (non-hydrogen) atoms. The Balaban J connectivity index is 1.44. The van der Waals surface area contributed by atoms with Crippen LogP contribution in [0.15, 0.2) is 36.4 Å². The third-order valence-corrected chi connectivity index (χ3v) is 7.33. The Morgan fingerprint density at radius 2 is 1.54 bits per heavy atom. The van der Waals surface area contributed by atoms with Gasteiger partial charge in [-0.05, 0) is 98.8 Å². The number of benzene rings is 1. The van der Waals surface area contributed by atoms with Crippen LogP contribution in [0.25, 0.3) is 0 Å². The van der Waals surface area contributed by atoms with Crippen molar-refractivity contribution >= 4 is 0 Å². The van der Waals surface area contributed by atoms with Crippen molar-refractivity contribution in [3.8, 4) is 11.8 Å². The normalized spacial score (nSPS) is 28.1. The highest BCUT2D eigenvalue weighted by Gasteiger charge is 2.21. The Bertz CT molecular complexity index is 638. The summed E-state index contributed by atoms with van der Waals surface area (Å²) in [6.45, 7) is 4.64. The van der Waals surface area contributed by atoms with E-state index in [0.717, 1.165) is 29.2 Å². The molecule has 2 fully saturated rings. The molecule has 0 N–H and O–H groups in total. The summed E-state index contributed by atoms with van der Waals surface area (Å²) in [5.41, 5.74) is 2.68. The maximum Gasteiger partial charge on any atom is 0.0249 e. The van der Waals surface area contributed by atoms with E-state index in [1.165, 1.54) is 82.6 Å². The van der Waals surface area contributed by atoms with Gasteiger partial charge in [-0.1, -0.05) is 69.6 Å². The smallest absolute Gasteiger partial charge is 0.0249 e. The van der Waals surface area contributed by atoms with Gasteiger partial charge >= 0.3 is 0 Å². The Morgan fingerprint density at radius 1 is 0.857 bits per heavy atom. The molecule has 0 heteroatoms. The van der Waals surface area contributed by atoms with E-state index in [4.69, 9.17) is 0 Å². The molecule has 2 aliphatic carbocycles. The van der Waals surface area contributed by atoms with E-state index < -0.39 is 0 Å². The summed E-state index contributed by atoms with van der Waals surface area (Å²) in [6.07, 6.45) is 21.1. The molecule has 2 aliphatic rings. The molecule has 0 aliphatic heterocycles. The van der Waals surface area contributed by atoms with Gasteiger partial charge in [-0.2, -0.15) is 0 Å². The van der Waals surface area contributed by atoms with Gasteiger partial charge < -0.3 is 0 Å². The lowest BCUT2D eigenvalue weighted by Gasteiger charge is -2.28. The van der Waals surface area contributed by atoms with E-state index in [-0.39, 0.29) is 0 Å². The Labute approximate surface area is 174 Å². The van der Waals surface area contributed by atoms with Crippen molar-refractivity contribution in [2.75, 3.05) is 0 Å². The summed E-state index contributed by atoms with van der Waals surface area (Å²) in [5.74, 6) is 10.1. The minimum Gasteiger partial charge on any atom is -0.0730 e.